The van der Waals surface area contributed by atoms with Crippen molar-refractivity contribution in [2.24, 2.45) is 0 Å². The average molecular weight is 271 g/mol. The molecule has 0 spiro atoms. The molecule has 1 aromatic carbocycles. The number of anilines is 1. The first-order chi connectivity index (χ1) is 9.70. The van der Waals surface area contributed by atoms with Crippen LogP contribution < -0.4 is 5.32 Å². The monoisotopic (exact) mass is 271 g/mol. The Hall–Kier alpha value is -2.78. The van der Waals surface area contributed by atoms with Crippen LogP contribution in [0.15, 0.2) is 36.8 Å². The van der Waals surface area contributed by atoms with Crippen LogP contribution in [0.3, 0.4) is 0 Å². The quantitative estimate of drug-likeness (QED) is 0.805. The topological polar surface area (TPSA) is 75.1 Å². The number of aliphatic hydroxyl groups excluding tert-OH is 1. The van der Waals surface area contributed by atoms with Crippen LogP contribution in [0.4, 0.5) is 10.2 Å². The summed E-state index contributed by atoms with van der Waals surface area (Å²) in [5, 5.41) is 11.0. The molecule has 0 bridgehead atoms. The standard InChI is InChI=1S/C14H10FN3O2/c15-12-4-3-10(2-1-7-19)8-11(12)14(20)18-13-9-16-5-6-17-13/h3-6,8-9,19H,7H2,(H,17,18,20). The summed E-state index contributed by atoms with van der Waals surface area (Å²) in [4.78, 5) is 19.6. The fraction of sp³-hybridized carbons (Fsp3) is 0.0714. The normalized spacial score (nSPS) is 9.50. The Morgan fingerprint density at radius 2 is 2.25 bits per heavy atom. The van der Waals surface area contributed by atoms with E-state index in [1.54, 1.807) is 0 Å². The van der Waals surface area contributed by atoms with E-state index < -0.39 is 11.7 Å². The second-order valence-electron chi connectivity index (χ2n) is 3.70. The molecule has 6 heteroatoms. The lowest BCUT2D eigenvalue weighted by molar-refractivity contribution is 0.102. The van der Waals surface area contributed by atoms with Crippen molar-refractivity contribution in [1.29, 1.82) is 0 Å². The molecule has 0 atom stereocenters. The van der Waals surface area contributed by atoms with Crippen molar-refractivity contribution in [3.05, 3.63) is 53.7 Å². The van der Waals surface area contributed by atoms with Crippen molar-refractivity contribution >= 4 is 11.7 Å². The van der Waals surface area contributed by atoms with Gasteiger partial charge < -0.3 is 10.4 Å². The predicted molar refractivity (Wildman–Crippen MR) is 70.3 cm³/mol. The van der Waals surface area contributed by atoms with E-state index in [9.17, 15) is 9.18 Å². The average Bonchev–Trinajstić information content (AvgIpc) is 2.47. The number of aliphatic hydroxyl groups is 1. The molecule has 0 unspecified atom stereocenters. The van der Waals surface area contributed by atoms with Crippen LogP contribution in [0, 0.1) is 17.7 Å². The predicted octanol–water partition coefficient (Wildman–Crippen LogP) is 1.21. The molecular formula is C14H10FN3O2. The van der Waals surface area contributed by atoms with E-state index in [2.05, 4.69) is 27.1 Å². The molecule has 1 aromatic heterocycles. The Labute approximate surface area is 114 Å². The molecule has 0 saturated carbocycles. The van der Waals surface area contributed by atoms with Gasteiger partial charge in [0, 0.05) is 18.0 Å². The Morgan fingerprint density at radius 3 is 2.95 bits per heavy atom. The number of carbonyl (C=O) groups is 1. The molecule has 0 aliphatic rings. The van der Waals surface area contributed by atoms with E-state index in [1.807, 2.05) is 0 Å². The number of hydrogen-bond acceptors (Lipinski definition) is 4. The molecule has 0 radical (unpaired) electrons. The maximum atomic E-state index is 13.7. The number of hydrogen-bond donors (Lipinski definition) is 2. The van der Waals surface area contributed by atoms with Gasteiger partial charge >= 0.3 is 0 Å². The van der Waals surface area contributed by atoms with Gasteiger partial charge in [-0.25, -0.2) is 9.37 Å². The van der Waals surface area contributed by atoms with Crippen molar-refractivity contribution in [2.75, 3.05) is 11.9 Å². The lowest BCUT2D eigenvalue weighted by Crippen LogP contribution is -2.15. The largest absolute Gasteiger partial charge is 0.384 e. The Bertz CT molecular complexity index is 678. The van der Waals surface area contributed by atoms with Gasteiger partial charge in [-0.1, -0.05) is 11.8 Å². The van der Waals surface area contributed by atoms with E-state index in [1.165, 1.54) is 30.7 Å². The van der Waals surface area contributed by atoms with Crippen LogP contribution in [0.2, 0.25) is 0 Å². The fourth-order valence-electron chi connectivity index (χ4n) is 1.47. The highest BCUT2D eigenvalue weighted by molar-refractivity contribution is 6.04. The van der Waals surface area contributed by atoms with Crippen LogP contribution in [0.1, 0.15) is 15.9 Å². The first-order valence-electron chi connectivity index (χ1n) is 5.67. The highest BCUT2D eigenvalue weighted by Gasteiger charge is 2.12. The second-order valence-corrected chi connectivity index (χ2v) is 3.70. The van der Waals surface area contributed by atoms with Gasteiger partial charge in [-0.3, -0.25) is 9.78 Å². The lowest BCUT2D eigenvalue weighted by Gasteiger charge is -2.05. The van der Waals surface area contributed by atoms with Crippen LogP contribution in [-0.4, -0.2) is 27.6 Å². The summed E-state index contributed by atoms with van der Waals surface area (Å²) in [6, 6.07) is 3.88. The molecule has 100 valence electrons. The number of amides is 1. The molecule has 2 N–H and O–H groups in total. The van der Waals surface area contributed by atoms with Gasteiger partial charge in [-0.15, -0.1) is 0 Å². The van der Waals surface area contributed by atoms with E-state index in [4.69, 9.17) is 5.11 Å². The van der Waals surface area contributed by atoms with Crippen LogP contribution in [0.25, 0.3) is 0 Å². The zero-order valence-electron chi connectivity index (χ0n) is 10.3. The zero-order valence-corrected chi connectivity index (χ0v) is 10.3. The third-order valence-corrected chi connectivity index (χ3v) is 2.33. The molecular weight excluding hydrogens is 261 g/mol. The van der Waals surface area contributed by atoms with E-state index in [-0.39, 0.29) is 18.0 Å². The third kappa shape index (κ3) is 3.37. The minimum Gasteiger partial charge on any atom is -0.384 e. The van der Waals surface area contributed by atoms with Gasteiger partial charge in [-0.05, 0) is 18.2 Å². The summed E-state index contributed by atoms with van der Waals surface area (Å²) in [5.41, 5.74) is 0.283. The molecule has 2 rings (SSSR count). The maximum Gasteiger partial charge on any atom is 0.259 e. The Kier molecular flexibility index (Phi) is 4.37. The molecule has 2 aromatic rings. The molecule has 0 saturated heterocycles. The summed E-state index contributed by atoms with van der Waals surface area (Å²) in [5.74, 6) is 3.95. The summed E-state index contributed by atoms with van der Waals surface area (Å²) < 4.78 is 13.7. The summed E-state index contributed by atoms with van der Waals surface area (Å²) in [7, 11) is 0. The summed E-state index contributed by atoms with van der Waals surface area (Å²) in [6.45, 7) is -0.307. The van der Waals surface area contributed by atoms with E-state index >= 15 is 0 Å². The molecule has 1 heterocycles. The first kappa shape index (κ1) is 13.6. The molecule has 0 aliphatic heterocycles. The van der Waals surface area contributed by atoms with Crippen molar-refractivity contribution in [3.8, 4) is 11.8 Å². The minimum absolute atomic E-state index is 0.152. The molecule has 0 aliphatic carbocycles. The van der Waals surface area contributed by atoms with Gasteiger partial charge in [0.25, 0.3) is 5.91 Å². The van der Waals surface area contributed by atoms with Gasteiger partial charge in [0.15, 0.2) is 5.82 Å². The second kappa shape index (κ2) is 6.41. The van der Waals surface area contributed by atoms with Gasteiger partial charge in [-0.2, -0.15) is 0 Å². The molecule has 5 nitrogen and oxygen atoms in total. The lowest BCUT2D eigenvalue weighted by atomic mass is 10.1. The molecule has 0 fully saturated rings. The molecule has 1 amide bonds. The SMILES string of the molecule is O=C(Nc1cnccn1)c1cc(C#CCO)ccc1F. The van der Waals surface area contributed by atoms with Gasteiger partial charge in [0.05, 0.1) is 11.8 Å². The Morgan fingerprint density at radius 1 is 1.40 bits per heavy atom. The van der Waals surface area contributed by atoms with Crippen molar-refractivity contribution < 1.29 is 14.3 Å². The number of nitrogens with one attached hydrogen (secondary N) is 1. The van der Waals surface area contributed by atoms with E-state index in [0.717, 1.165) is 6.07 Å². The van der Waals surface area contributed by atoms with Crippen LogP contribution in [0.5, 0.6) is 0 Å². The van der Waals surface area contributed by atoms with Crippen molar-refractivity contribution in [2.45, 2.75) is 0 Å². The van der Waals surface area contributed by atoms with Crippen LogP contribution >= 0.6 is 0 Å². The molecule has 20 heavy (non-hydrogen) atoms. The van der Waals surface area contributed by atoms with Crippen molar-refractivity contribution in [1.82, 2.24) is 9.97 Å². The fourth-order valence-corrected chi connectivity index (χ4v) is 1.47. The number of rotatable bonds is 2. The first-order valence-corrected chi connectivity index (χ1v) is 5.67. The van der Waals surface area contributed by atoms with Gasteiger partial charge in [0.2, 0.25) is 0 Å². The highest BCUT2D eigenvalue weighted by atomic mass is 19.1. The van der Waals surface area contributed by atoms with Crippen molar-refractivity contribution in [3.63, 3.8) is 0 Å². The maximum absolute atomic E-state index is 13.7. The van der Waals surface area contributed by atoms with Crippen LogP contribution in [-0.2, 0) is 0 Å². The number of nitrogens with zero attached hydrogens (tertiary/aromatic N) is 2. The van der Waals surface area contributed by atoms with Gasteiger partial charge in [0.1, 0.15) is 12.4 Å². The number of carbonyl (C=O) groups excluding carboxylic acids is 1. The third-order valence-electron chi connectivity index (χ3n) is 2.33. The van der Waals surface area contributed by atoms with E-state index in [0.29, 0.717) is 5.56 Å². The number of halogens is 1. The zero-order chi connectivity index (χ0) is 14.4. The number of aromatic nitrogens is 2. The Balaban J connectivity index is 2.25. The summed E-state index contributed by atoms with van der Waals surface area (Å²) in [6.07, 6.45) is 4.22. The smallest absolute Gasteiger partial charge is 0.259 e. The minimum atomic E-state index is -0.666. The highest BCUT2D eigenvalue weighted by Crippen LogP contribution is 2.12. The number of benzene rings is 1. The summed E-state index contributed by atoms with van der Waals surface area (Å²) >= 11 is 0.